The summed E-state index contributed by atoms with van der Waals surface area (Å²) in [5, 5.41) is 11.5. The number of carbonyl (C=O) groups excluding carboxylic acids is 1. The standard InChI is InChI=1S/C22H27NO2S/c1-21(2,25)16-5-3-4-15-12-19(26-20(15)16)18(24)13-17-14-6-10-23(11-7-14)22(17)8-9-22/h3-5,12,14,17,25H,6-11,13H2,1-2H3/t17-/m1/s1. The van der Waals surface area contributed by atoms with Gasteiger partial charge >= 0.3 is 0 Å². The molecule has 4 heteroatoms. The van der Waals surface area contributed by atoms with Crippen molar-refractivity contribution in [2.24, 2.45) is 11.8 Å². The summed E-state index contributed by atoms with van der Waals surface area (Å²) in [7, 11) is 0. The SMILES string of the molecule is CC(C)(O)c1cccc2cc(C(=O)C[C@@H]3C4CCN(CC4)C34CC4)sc12. The second-order valence-electron chi connectivity index (χ2n) is 9.06. The van der Waals surface area contributed by atoms with Gasteiger partial charge in [-0.3, -0.25) is 9.69 Å². The predicted octanol–water partition coefficient (Wildman–Crippen LogP) is 4.58. The minimum absolute atomic E-state index is 0.304. The Bertz CT molecular complexity index is 866. The molecule has 0 unspecified atom stereocenters. The van der Waals surface area contributed by atoms with Crippen LogP contribution in [0.3, 0.4) is 0 Å². The Labute approximate surface area is 159 Å². The van der Waals surface area contributed by atoms with Gasteiger partial charge in [0.15, 0.2) is 5.78 Å². The van der Waals surface area contributed by atoms with E-state index in [1.54, 1.807) is 11.3 Å². The van der Waals surface area contributed by atoms with Crippen molar-refractivity contribution in [2.75, 3.05) is 13.1 Å². The van der Waals surface area contributed by atoms with Gasteiger partial charge in [0.05, 0.1) is 10.5 Å². The molecule has 1 aromatic heterocycles. The van der Waals surface area contributed by atoms with E-state index in [9.17, 15) is 9.90 Å². The first kappa shape index (κ1) is 16.9. The molecule has 2 aromatic rings. The van der Waals surface area contributed by atoms with E-state index >= 15 is 0 Å². The van der Waals surface area contributed by atoms with Gasteiger partial charge in [-0.1, -0.05) is 18.2 Å². The molecule has 6 rings (SSSR count). The second-order valence-corrected chi connectivity index (χ2v) is 10.1. The summed E-state index contributed by atoms with van der Waals surface area (Å²) in [5.74, 6) is 1.60. The molecule has 4 aliphatic rings. The number of hydrogen-bond acceptors (Lipinski definition) is 4. The molecule has 0 radical (unpaired) electrons. The van der Waals surface area contributed by atoms with Crippen molar-refractivity contribution in [2.45, 2.75) is 57.1 Å². The van der Waals surface area contributed by atoms with E-state index in [1.807, 2.05) is 32.0 Å². The highest BCUT2D eigenvalue weighted by molar-refractivity contribution is 7.21. The highest BCUT2D eigenvalue weighted by atomic mass is 32.1. The summed E-state index contributed by atoms with van der Waals surface area (Å²) in [4.78, 5) is 16.7. The number of piperidine rings is 3. The molecule has 26 heavy (non-hydrogen) atoms. The Morgan fingerprint density at radius 1 is 1.31 bits per heavy atom. The number of thiophene rings is 1. The first-order valence-electron chi connectivity index (χ1n) is 9.92. The lowest BCUT2D eigenvalue weighted by Crippen LogP contribution is -2.57. The van der Waals surface area contributed by atoms with Gasteiger partial charge in [-0.25, -0.2) is 0 Å². The normalized spacial score (nSPS) is 29.4. The number of ketones is 1. The van der Waals surface area contributed by atoms with Gasteiger partial charge in [-0.2, -0.15) is 0 Å². The zero-order chi connectivity index (χ0) is 18.1. The van der Waals surface area contributed by atoms with Crippen molar-refractivity contribution < 1.29 is 9.90 Å². The molecule has 3 saturated heterocycles. The summed E-state index contributed by atoms with van der Waals surface area (Å²) in [6.07, 6.45) is 5.82. The fourth-order valence-corrected chi connectivity index (χ4v) is 6.85. The average Bonchev–Trinajstić information content (AvgIpc) is 3.26. The third-order valence-electron chi connectivity index (χ3n) is 7.07. The van der Waals surface area contributed by atoms with Crippen LogP contribution in [0, 0.1) is 11.8 Å². The van der Waals surface area contributed by atoms with Crippen LogP contribution in [0.1, 0.15) is 61.2 Å². The van der Waals surface area contributed by atoms with Crippen molar-refractivity contribution in [1.82, 2.24) is 4.90 Å². The maximum Gasteiger partial charge on any atom is 0.173 e. The Morgan fingerprint density at radius 3 is 2.69 bits per heavy atom. The first-order valence-corrected chi connectivity index (χ1v) is 10.7. The molecule has 1 atom stereocenters. The van der Waals surface area contributed by atoms with E-state index in [1.165, 1.54) is 38.8 Å². The van der Waals surface area contributed by atoms with Crippen molar-refractivity contribution in [3.05, 3.63) is 34.7 Å². The van der Waals surface area contributed by atoms with E-state index in [0.29, 0.717) is 23.7 Å². The Morgan fingerprint density at radius 2 is 2.04 bits per heavy atom. The maximum absolute atomic E-state index is 13.2. The molecule has 138 valence electrons. The molecule has 1 spiro atoms. The summed E-state index contributed by atoms with van der Waals surface area (Å²) in [5.41, 5.74) is 0.394. The van der Waals surface area contributed by atoms with Crippen LogP contribution < -0.4 is 0 Å². The molecule has 3 aliphatic heterocycles. The molecule has 3 nitrogen and oxygen atoms in total. The Kier molecular flexibility index (Phi) is 3.66. The lowest BCUT2D eigenvalue weighted by Gasteiger charge is -2.52. The van der Waals surface area contributed by atoms with Crippen molar-refractivity contribution >= 4 is 27.2 Å². The van der Waals surface area contributed by atoms with E-state index in [0.717, 1.165) is 26.4 Å². The summed E-state index contributed by atoms with van der Waals surface area (Å²) >= 11 is 1.56. The van der Waals surface area contributed by atoms with E-state index in [2.05, 4.69) is 11.0 Å². The molecule has 1 N–H and O–H groups in total. The summed E-state index contributed by atoms with van der Waals surface area (Å²) in [6, 6.07) is 8.04. The number of rotatable bonds is 4. The zero-order valence-electron chi connectivity index (χ0n) is 15.6. The van der Waals surface area contributed by atoms with Gasteiger partial charge in [0.2, 0.25) is 0 Å². The fourth-order valence-electron chi connectivity index (χ4n) is 5.57. The highest BCUT2D eigenvalue weighted by Crippen LogP contribution is 2.58. The smallest absolute Gasteiger partial charge is 0.173 e. The Balaban J connectivity index is 1.44. The predicted molar refractivity (Wildman–Crippen MR) is 106 cm³/mol. The molecule has 4 heterocycles. The number of carbonyl (C=O) groups is 1. The van der Waals surface area contributed by atoms with E-state index < -0.39 is 5.60 Å². The number of Topliss-reactive ketones (excluding diaryl/α,β-unsaturated/α-hetero) is 1. The molecule has 4 fully saturated rings. The van der Waals surface area contributed by atoms with E-state index in [-0.39, 0.29) is 0 Å². The monoisotopic (exact) mass is 369 g/mol. The van der Waals surface area contributed by atoms with Gasteiger partial charge in [-0.15, -0.1) is 11.3 Å². The third kappa shape index (κ3) is 2.49. The Hall–Kier alpha value is -1.23. The van der Waals surface area contributed by atoms with Crippen molar-refractivity contribution in [3.63, 3.8) is 0 Å². The van der Waals surface area contributed by atoms with Crippen molar-refractivity contribution in [1.29, 1.82) is 0 Å². The van der Waals surface area contributed by atoms with Crippen LogP contribution in [0.15, 0.2) is 24.3 Å². The maximum atomic E-state index is 13.2. The van der Waals surface area contributed by atoms with Crippen LogP contribution in [-0.2, 0) is 5.60 Å². The summed E-state index contributed by atoms with van der Waals surface area (Å²) in [6.45, 7) is 6.11. The van der Waals surface area contributed by atoms with Gasteiger partial charge in [0.1, 0.15) is 0 Å². The van der Waals surface area contributed by atoms with Gasteiger partial charge in [0, 0.05) is 22.2 Å². The molecule has 0 amide bonds. The van der Waals surface area contributed by atoms with Crippen LogP contribution in [-0.4, -0.2) is 34.4 Å². The molecule has 2 bridgehead atoms. The van der Waals surface area contributed by atoms with Crippen LogP contribution in [0.25, 0.3) is 10.1 Å². The minimum Gasteiger partial charge on any atom is -0.386 e. The van der Waals surface area contributed by atoms with Crippen LogP contribution in [0.2, 0.25) is 0 Å². The molecular formula is C22H27NO2S. The molecular weight excluding hydrogens is 342 g/mol. The zero-order valence-corrected chi connectivity index (χ0v) is 16.4. The largest absolute Gasteiger partial charge is 0.386 e. The summed E-state index contributed by atoms with van der Waals surface area (Å²) < 4.78 is 1.05. The van der Waals surface area contributed by atoms with Crippen LogP contribution in [0.5, 0.6) is 0 Å². The van der Waals surface area contributed by atoms with E-state index in [4.69, 9.17) is 0 Å². The molecule has 1 aromatic carbocycles. The lowest BCUT2D eigenvalue weighted by atomic mass is 9.70. The van der Waals surface area contributed by atoms with Gasteiger partial charge in [0.25, 0.3) is 0 Å². The average molecular weight is 370 g/mol. The second kappa shape index (κ2) is 5.63. The first-order chi connectivity index (χ1) is 12.4. The topological polar surface area (TPSA) is 40.5 Å². The fraction of sp³-hybridized carbons (Fsp3) is 0.591. The third-order valence-corrected chi connectivity index (χ3v) is 8.30. The number of benzene rings is 1. The van der Waals surface area contributed by atoms with Crippen LogP contribution in [0.4, 0.5) is 0 Å². The lowest BCUT2D eigenvalue weighted by molar-refractivity contribution is -0.0273. The molecule has 1 aliphatic carbocycles. The quantitative estimate of drug-likeness (QED) is 0.802. The number of aliphatic hydroxyl groups is 1. The molecule has 1 saturated carbocycles. The van der Waals surface area contributed by atoms with Crippen LogP contribution >= 0.6 is 11.3 Å². The number of hydrogen-bond donors (Lipinski definition) is 1. The van der Waals surface area contributed by atoms with Gasteiger partial charge in [-0.05, 0) is 75.9 Å². The number of fused-ring (bicyclic) bond motifs is 3. The number of nitrogens with zero attached hydrogens (tertiary/aromatic N) is 1. The minimum atomic E-state index is -0.890. The van der Waals surface area contributed by atoms with Gasteiger partial charge < -0.3 is 5.11 Å². The van der Waals surface area contributed by atoms with Crippen molar-refractivity contribution in [3.8, 4) is 0 Å². The highest BCUT2D eigenvalue weighted by Gasteiger charge is 2.60.